The number of likely N-dealkylation sites (tertiary alicyclic amines) is 1. The molecule has 1 fully saturated rings. The van der Waals surface area contributed by atoms with Gasteiger partial charge in [-0.1, -0.05) is 18.2 Å². The van der Waals surface area contributed by atoms with Crippen LogP contribution >= 0.6 is 0 Å². The summed E-state index contributed by atoms with van der Waals surface area (Å²) >= 11 is 0. The number of hydrogen-bond donors (Lipinski definition) is 0. The Hall–Kier alpha value is -2.50. The lowest BCUT2D eigenvalue weighted by Crippen LogP contribution is -2.51. The molecule has 25 heavy (non-hydrogen) atoms. The average molecular weight is 344 g/mol. The number of carboxylic acid groups (broad SMARTS) is 1. The molecule has 0 radical (unpaired) electrons. The van der Waals surface area contributed by atoms with Gasteiger partial charge in [0, 0.05) is 37.1 Å². The summed E-state index contributed by atoms with van der Waals surface area (Å²) in [6.45, 7) is 6.35. The van der Waals surface area contributed by atoms with Gasteiger partial charge >= 0.3 is 6.09 Å². The molecule has 0 atom stereocenters. The summed E-state index contributed by atoms with van der Waals surface area (Å²) in [6.07, 6.45) is 2.27. The zero-order valence-corrected chi connectivity index (χ0v) is 14.7. The fourth-order valence-corrected chi connectivity index (χ4v) is 3.18. The summed E-state index contributed by atoms with van der Waals surface area (Å²) in [5.41, 5.74) is -0.605. The van der Waals surface area contributed by atoms with Gasteiger partial charge in [-0.15, -0.1) is 0 Å². The maximum Gasteiger partial charge on any atom is 0.410 e. The topological polar surface area (TPSA) is 78.9 Å². The highest BCUT2D eigenvalue weighted by atomic mass is 16.6. The van der Waals surface area contributed by atoms with Crippen LogP contribution in [0.2, 0.25) is 0 Å². The Bertz CT molecular complexity index is 724. The molecule has 3 rings (SSSR count). The molecule has 1 aromatic rings. The first-order valence-electron chi connectivity index (χ1n) is 8.40. The Morgan fingerprint density at radius 3 is 2.44 bits per heavy atom. The van der Waals surface area contributed by atoms with Gasteiger partial charge < -0.3 is 24.3 Å². The van der Waals surface area contributed by atoms with E-state index in [2.05, 4.69) is 0 Å². The number of carbonyl (C=O) groups excluding carboxylic acids is 2. The minimum atomic E-state index is -1.22. The number of hydrogen-bond acceptors (Lipinski definition) is 5. The molecule has 2 aliphatic rings. The van der Waals surface area contributed by atoms with E-state index in [0.717, 1.165) is 0 Å². The minimum absolute atomic E-state index is 0.146. The van der Waals surface area contributed by atoms with Crippen LogP contribution in [0.25, 0.3) is 5.57 Å². The van der Waals surface area contributed by atoms with Gasteiger partial charge in [0.15, 0.2) is 0 Å². The molecular formula is C19H22NO5-. The Morgan fingerprint density at radius 1 is 1.20 bits per heavy atom. The lowest BCUT2D eigenvalue weighted by Gasteiger charge is -2.43. The van der Waals surface area contributed by atoms with Crippen LogP contribution in [0.3, 0.4) is 0 Å². The van der Waals surface area contributed by atoms with Gasteiger partial charge in [-0.2, -0.15) is 0 Å². The molecule has 6 heteroatoms. The highest BCUT2D eigenvalue weighted by Gasteiger charge is 2.40. The quantitative estimate of drug-likeness (QED) is 0.778. The predicted molar refractivity (Wildman–Crippen MR) is 89.8 cm³/mol. The van der Waals surface area contributed by atoms with Gasteiger partial charge in [0.05, 0.1) is 5.97 Å². The average Bonchev–Trinajstić information content (AvgIpc) is 2.53. The van der Waals surface area contributed by atoms with Crippen molar-refractivity contribution in [3.63, 3.8) is 0 Å². The molecule has 134 valence electrons. The summed E-state index contributed by atoms with van der Waals surface area (Å²) in [6, 6.07) is 7.04. The van der Waals surface area contributed by atoms with Gasteiger partial charge in [0.25, 0.3) is 0 Å². The molecular weight excluding hydrogens is 322 g/mol. The normalized spacial score (nSPS) is 18.8. The third-order valence-corrected chi connectivity index (χ3v) is 4.38. The minimum Gasteiger partial charge on any atom is -0.545 e. The van der Waals surface area contributed by atoms with Crippen molar-refractivity contribution in [1.82, 2.24) is 4.90 Å². The number of carboxylic acids is 1. The van der Waals surface area contributed by atoms with Crippen molar-refractivity contribution in [3.8, 4) is 5.75 Å². The Labute approximate surface area is 147 Å². The van der Waals surface area contributed by atoms with Gasteiger partial charge in [-0.05, 0) is 32.9 Å². The summed E-state index contributed by atoms with van der Waals surface area (Å²) < 4.78 is 11.5. The predicted octanol–water partition coefficient (Wildman–Crippen LogP) is 1.98. The van der Waals surface area contributed by atoms with E-state index in [4.69, 9.17) is 9.47 Å². The second-order valence-electron chi connectivity index (χ2n) is 7.48. The number of benzene rings is 1. The summed E-state index contributed by atoms with van der Waals surface area (Å²) in [7, 11) is 0. The Kier molecular flexibility index (Phi) is 4.22. The van der Waals surface area contributed by atoms with Crippen LogP contribution < -0.4 is 9.84 Å². The second kappa shape index (κ2) is 6.10. The highest BCUT2D eigenvalue weighted by Crippen LogP contribution is 2.40. The van der Waals surface area contributed by atoms with Crippen LogP contribution in [-0.4, -0.2) is 41.3 Å². The first-order valence-corrected chi connectivity index (χ1v) is 8.40. The van der Waals surface area contributed by atoms with E-state index < -0.39 is 17.2 Å². The maximum atomic E-state index is 12.2. The lowest BCUT2D eigenvalue weighted by molar-refractivity contribution is -0.295. The zero-order chi connectivity index (χ0) is 18.2. The number of amides is 1. The van der Waals surface area contributed by atoms with Gasteiger partial charge in [-0.25, -0.2) is 4.79 Å². The molecule has 0 N–H and O–H groups in total. The first-order chi connectivity index (χ1) is 11.7. The van der Waals surface area contributed by atoms with Crippen molar-refractivity contribution in [2.75, 3.05) is 13.1 Å². The molecule has 0 aromatic heterocycles. The molecule has 6 nitrogen and oxygen atoms in total. The number of ether oxygens (including phenoxy) is 2. The van der Waals surface area contributed by atoms with E-state index in [1.54, 1.807) is 35.2 Å². The van der Waals surface area contributed by atoms with E-state index in [9.17, 15) is 14.7 Å². The molecule has 0 aliphatic carbocycles. The number of piperidine rings is 1. The summed E-state index contributed by atoms with van der Waals surface area (Å²) in [5, 5.41) is 11.6. The van der Waals surface area contributed by atoms with Crippen molar-refractivity contribution in [3.05, 3.63) is 35.9 Å². The molecule has 1 aromatic carbocycles. The lowest BCUT2D eigenvalue weighted by atomic mass is 9.85. The summed E-state index contributed by atoms with van der Waals surface area (Å²) in [5.74, 6) is -0.681. The second-order valence-corrected chi connectivity index (χ2v) is 7.48. The molecule has 2 aliphatic heterocycles. The third-order valence-electron chi connectivity index (χ3n) is 4.38. The van der Waals surface area contributed by atoms with E-state index in [1.165, 1.54) is 0 Å². The number of carbonyl (C=O) groups is 2. The van der Waals surface area contributed by atoms with E-state index in [1.807, 2.05) is 20.8 Å². The van der Waals surface area contributed by atoms with Crippen LogP contribution in [0.5, 0.6) is 5.75 Å². The van der Waals surface area contributed by atoms with Gasteiger partial charge in [0.1, 0.15) is 17.0 Å². The van der Waals surface area contributed by atoms with Gasteiger partial charge in [0.2, 0.25) is 0 Å². The zero-order valence-electron chi connectivity index (χ0n) is 14.7. The highest BCUT2D eigenvalue weighted by molar-refractivity contribution is 6.15. The molecule has 0 unspecified atom stereocenters. The van der Waals surface area contributed by atoms with Gasteiger partial charge in [-0.3, -0.25) is 0 Å². The number of aliphatic carboxylic acids is 1. The van der Waals surface area contributed by atoms with Crippen molar-refractivity contribution in [2.24, 2.45) is 0 Å². The SMILES string of the molecule is CC(C)(C)OC(=O)N1CCC2(C=C(C(=O)[O-])c3ccccc3O2)CC1. The number of nitrogens with zero attached hydrogens (tertiary/aromatic N) is 1. The monoisotopic (exact) mass is 344 g/mol. The number of rotatable bonds is 1. The number of para-hydroxylation sites is 1. The fraction of sp³-hybridized carbons (Fsp3) is 0.474. The van der Waals surface area contributed by atoms with Crippen LogP contribution in [0.1, 0.15) is 39.2 Å². The smallest absolute Gasteiger partial charge is 0.410 e. The largest absolute Gasteiger partial charge is 0.545 e. The van der Waals surface area contributed by atoms with E-state index >= 15 is 0 Å². The molecule has 1 saturated heterocycles. The Morgan fingerprint density at radius 2 is 1.84 bits per heavy atom. The molecule has 1 amide bonds. The molecule has 1 spiro atoms. The van der Waals surface area contributed by atoms with Crippen molar-refractivity contribution in [2.45, 2.75) is 44.8 Å². The summed E-state index contributed by atoms with van der Waals surface area (Å²) in [4.78, 5) is 25.4. The third kappa shape index (κ3) is 3.62. The molecule has 0 bridgehead atoms. The fourth-order valence-electron chi connectivity index (χ4n) is 3.18. The maximum absolute atomic E-state index is 12.2. The molecule has 2 heterocycles. The number of fused-ring (bicyclic) bond motifs is 1. The Balaban J connectivity index is 1.78. The van der Waals surface area contributed by atoms with Crippen LogP contribution in [0.15, 0.2) is 30.3 Å². The van der Waals surface area contributed by atoms with E-state index in [-0.39, 0.29) is 11.7 Å². The first kappa shape index (κ1) is 17.3. The van der Waals surface area contributed by atoms with Crippen LogP contribution in [-0.2, 0) is 9.53 Å². The standard InChI is InChI=1S/C19H23NO5/c1-18(2,3)25-17(23)20-10-8-19(9-11-20)12-14(16(21)22)13-6-4-5-7-15(13)24-19/h4-7,12H,8-11H2,1-3H3,(H,21,22)/p-1. The van der Waals surface area contributed by atoms with Crippen molar-refractivity contribution >= 4 is 17.6 Å². The van der Waals surface area contributed by atoms with Crippen molar-refractivity contribution < 1.29 is 24.2 Å². The van der Waals surface area contributed by atoms with Crippen LogP contribution in [0, 0.1) is 0 Å². The molecule has 0 saturated carbocycles. The van der Waals surface area contributed by atoms with Crippen LogP contribution in [0.4, 0.5) is 4.79 Å². The van der Waals surface area contributed by atoms with Crippen molar-refractivity contribution in [1.29, 1.82) is 0 Å². The van der Waals surface area contributed by atoms with E-state index in [0.29, 0.717) is 37.2 Å².